The summed E-state index contributed by atoms with van der Waals surface area (Å²) in [5.74, 6) is 0. The van der Waals surface area contributed by atoms with Crippen LogP contribution in [0.4, 0.5) is 11.4 Å². The summed E-state index contributed by atoms with van der Waals surface area (Å²) in [4.78, 5) is 2.37. The lowest BCUT2D eigenvalue weighted by Crippen LogP contribution is -2.21. The topological polar surface area (TPSA) is 6.25 Å². The molecule has 1 aliphatic heterocycles. The molecule has 2 nitrogen and oxygen atoms in total. The molecule has 0 bridgehead atoms. The Morgan fingerprint density at radius 2 is 1.37 bits per heavy atom. The Balaban J connectivity index is 1.84. The van der Waals surface area contributed by atoms with E-state index in [4.69, 9.17) is 11.6 Å². The number of para-hydroxylation sites is 1. The van der Waals surface area contributed by atoms with Crippen LogP contribution in [0.2, 0.25) is 5.02 Å². The molecule has 0 unspecified atom stereocenters. The van der Waals surface area contributed by atoms with Gasteiger partial charge in [0, 0.05) is 46.6 Å². The minimum atomic E-state index is 0.752. The molecule has 0 aromatic heterocycles. The van der Waals surface area contributed by atoms with Gasteiger partial charge in [0.1, 0.15) is 7.05 Å². The van der Waals surface area contributed by atoms with Crippen LogP contribution in [-0.4, -0.2) is 30.4 Å². The van der Waals surface area contributed by atoms with E-state index in [1.54, 1.807) is 0 Å². The number of fused-ring (bicyclic) bond motifs is 1. The van der Waals surface area contributed by atoms with Gasteiger partial charge in [0.05, 0.1) is 11.1 Å². The van der Waals surface area contributed by atoms with Crippen molar-refractivity contribution in [2.24, 2.45) is 0 Å². The van der Waals surface area contributed by atoms with Crippen molar-refractivity contribution >= 4 is 39.8 Å². The maximum Gasteiger partial charge on any atom is 0.221 e. The fraction of sp³-hybridized carbons (Fsp3) is 0.156. The molecule has 0 N–H and O–H groups in total. The second-order valence-corrected chi connectivity index (χ2v) is 9.15. The van der Waals surface area contributed by atoms with E-state index in [1.807, 2.05) is 12.1 Å². The number of anilines is 1. The molecule has 0 radical (unpaired) electrons. The number of hydrogen-bond acceptors (Lipinski definition) is 1. The molecule has 35 heavy (non-hydrogen) atoms. The van der Waals surface area contributed by atoms with Crippen LogP contribution < -0.4 is 4.90 Å². The highest BCUT2D eigenvalue weighted by Gasteiger charge is 2.36. The molecule has 4 aromatic rings. The number of hydrogen-bond donors (Lipinski definition) is 0. The van der Waals surface area contributed by atoms with Crippen LogP contribution in [0.1, 0.15) is 36.1 Å². The highest BCUT2D eigenvalue weighted by atomic mass is 35.5. The van der Waals surface area contributed by atoms with Gasteiger partial charge >= 0.3 is 0 Å². The maximum atomic E-state index is 6.87. The largest absolute Gasteiger partial charge is 0.372 e. The summed E-state index contributed by atoms with van der Waals surface area (Å²) in [5.41, 5.74) is 10.6. The van der Waals surface area contributed by atoms with Crippen LogP contribution in [0.3, 0.4) is 0 Å². The van der Waals surface area contributed by atoms with E-state index in [9.17, 15) is 0 Å². The first kappa shape index (κ1) is 23.1. The van der Waals surface area contributed by atoms with Gasteiger partial charge in [-0.2, -0.15) is 4.58 Å². The van der Waals surface area contributed by atoms with Crippen molar-refractivity contribution in [3.8, 4) is 0 Å². The van der Waals surface area contributed by atoms with Crippen molar-refractivity contribution in [1.82, 2.24) is 0 Å². The van der Waals surface area contributed by atoms with Crippen LogP contribution in [0.5, 0.6) is 0 Å². The predicted octanol–water partition coefficient (Wildman–Crippen LogP) is 7.92. The van der Waals surface area contributed by atoms with Crippen LogP contribution in [0.25, 0.3) is 11.1 Å². The van der Waals surface area contributed by atoms with E-state index >= 15 is 0 Å². The van der Waals surface area contributed by atoms with Crippen molar-refractivity contribution < 1.29 is 4.58 Å². The van der Waals surface area contributed by atoms with Crippen LogP contribution in [0, 0.1) is 0 Å². The second kappa shape index (κ2) is 9.93. The van der Waals surface area contributed by atoms with Crippen LogP contribution in [0.15, 0.2) is 103 Å². The quantitative estimate of drug-likeness (QED) is 0.255. The molecule has 0 aliphatic carbocycles. The normalized spacial score (nSPS) is 14.2. The number of allylic oxidation sites excluding steroid dienone is 1. The van der Waals surface area contributed by atoms with Gasteiger partial charge in [-0.25, -0.2) is 0 Å². The molecule has 0 fully saturated rings. The van der Waals surface area contributed by atoms with Crippen molar-refractivity contribution in [2.75, 3.05) is 25.0 Å². The Hall–Kier alpha value is -3.62. The highest BCUT2D eigenvalue weighted by Crippen LogP contribution is 2.44. The zero-order valence-corrected chi connectivity index (χ0v) is 21.3. The van der Waals surface area contributed by atoms with Crippen molar-refractivity contribution in [3.63, 3.8) is 0 Å². The number of rotatable bonds is 6. The van der Waals surface area contributed by atoms with E-state index in [0.717, 1.165) is 34.8 Å². The van der Waals surface area contributed by atoms with Gasteiger partial charge in [-0.1, -0.05) is 72.3 Å². The molecule has 1 aliphatic rings. The van der Waals surface area contributed by atoms with Crippen LogP contribution in [-0.2, 0) is 0 Å². The van der Waals surface area contributed by atoms with E-state index in [2.05, 4.69) is 121 Å². The number of nitrogens with zero attached hydrogens (tertiary/aromatic N) is 2. The van der Waals surface area contributed by atoms with Gasteiger partial charge < -0.3 is 4.90 Å². The first-order valence-electron chi connectivity index (χ1n) is 12.2. The second-order valence-electron chi connectivity index (χ2n) is 8.74. The Kier molecular flexibility index (Phi) is 6.57. The lowest BCUT2D eigenvalue weighted by molar-refractivity contribution is -0.400. The molecule has 4 aromatic carbocycles. The summed E-state index contributed by atoms with van der Waals surface area (Å²) in [6, 6.07) is 36.4. The average molecular weight is 478 g/mol. The van der Waals surface area contributed by atoms with Gasteiger partial charge in [-0.3, -0.25) is 0 Å². The predicted molar refractivity (Wildman–Crippen MR) is 150 cm³/mol. The first-order valence-corrected chi connectivity index (χ1v) is 12.6. The summed E-state index contributed by atoms with van der Waals surface area (Å²) in [7, 11) is 2.15. The lowest BCUT2D eigenvalue weighted by Gasteiger charge is -2.22. The summed E-state index contributed by atoms with van der Waals surface area (Å²) in [5, 5.41) is 0.752. The van der Waals surface area contributed by atoms with Gasteiger partial charge in [0.25, 0.3) is 0 Å². The third-order valence-electron chi connectivity index (χ3n) is 6.83. The molecule has 1 heterocycles. The fourth-order valence-electron chi connectivity index (χ4n) is 5.11. The zero-order chi connectivity index (χ0) is 24.4. The van der Waals surface area contributed by atoms with E-state index < -0.39 is 0 Å². The van der Waals surface area contributed by atoms with Gasteiger partial charge in [0.15, 0.2) is 0 Å². The maximum absolute atomic E-state index is 6.87. The standard InChI is InChI=1S/C32H30ClN2/c1-4-35(5-2)25-21-19-23(20-22-25)30(26-15-9-11-17-28(26)33)31-27-16-10-12-18-29(27)34(3)32(31)24-13-7-6-8-14-24/h6-22H,4-5H2,1-3H3/q+1. The monoisotopic (exact) mass is 477 g/mol. The summed E-state index contributed by atoms with van der Waals surface area (Å²) < 4.78 is 2.31. The van der Waals surface area contributed by atoms with Gasteiger partial charge in [0.2, 0.25) is 11.4 Å². The van der Waals surface area contributed by atoms with Gasteiger partial charge in [-0.05, 0) is 55.8 Å². The zero-order valence-electron chi connectivity index (χ0n) is 20.5. The summed E-state index contributed by atoms with van der Waals surface area (Å²) in [6.07, 6.45) is 0. The van der Waals surface area contributed by atoms with Crippen molar-refractivity contribution in [1.29, 1.82) is 0 Å². The molecule has 0 amide bonds. The molecule has 3 heteroatoms. The third-order valence-corrected chi connectivity index (χ3v) is 7.16. The van der Waals surface area contributed by atoms with E-state index in [1.165, 1.54) is 33.8 Å². The molecule has 0 atom stereocenters. The third kappa shape index (κ3) is 4.19. The number of halogens is 1. The fourth-order valence-corrected chi connectivity index (χ4v) is 5.34. The SMILES string of the molecule is CCN(CC)c1ccc(/C(=C2/C(c3ccccc3)=[N+](C)c3ccccc32)c2ccccc2Cl)cc1. The summed E-state index contributed by atoms with van der Waals surface area (Å²) >= 11 is 6.87. The van der Waals surface area contributed by atoms with E-state index in [0.29, 0.717) is 0 Å². The van der Waals surface area contributed by atoms with Crippen molar-refractivity contribution in [2.45, 2.75) is 13.8 Å². The Bertz CT molecular complexity index is 1410. The summed E-state index contributed by atoms with van der Waals surface area (Å²) in [6.45, 7) is 6.36. The minimum absolute atomic E-state index is 0.752. The highest BCUT2D eigenvalue weighted by molar-refractivity contribution is 6.40. The molecule has 0 spiro atoms. The lowest BCUT2D eigenvalue weighted by atomic mass is 9.86. The molecular formula is C32H30ClN2+. The molecule has 0 saturated carbocycles. The molecule has 5 rings (SSSR count). The van der Waals surface area contributed by atoms with E-state index in [-0.39, 0.29) is 0 Å². The van der Waals surface area contributed by atoms with Crippen molar-refractivity contribution in [3.05, 3.63) is 130 Å². The van der Waals surface area contributed by atoms with Crippen LogP contribution >= 0.6 is 11.6 Å². The Labute approximate surface area is 213 Å². The Morgan fingerprint density at radius 3 is 2.06 bits per heavy atom. The average Bonchev–Trinajstić information content (AvgIpc) is 3.19. The minimum Gasteiger partial charge on any atom is -0.372 e. The Morgan fingerprint density at radius 1 is 0.743 bits per heavy atom. The number of benzene rings is 4. The smallest absolute Gasteiger partial charge is 0.221 e. The molecule has 174 valence electrons. The first-order chi connectivity index (χ1) is 17.1. The molecule has 0 saturated heterocycles. The molecular weight excluding hydrogens is 448 g/mol. The van der Waals surface area contributed by atoms with Gasteiger partial charge in [-0.15, -0.1) is 0 Å².